The van der Waals surface area contributed by atoms with Crippen LogP contribution >= 0.6 is 0 Å². The van der Waals surface area contributed by atoms with Gasteiger partial charge in [0, 0.05) is 6.42 Å². The SMILES string of the molecule is CC(C)[C@H](NC(=O)[C@H](CC(=O)O)NC(=O)[C@@H](NC(=O)[C@@H](N)CO)C(C)C)C(=O)N[C@@H](CC(N)=O)C(=O)N[C@@H](Cc1ccccc1)C(=O)O. The minimum absolute atomic E-state index is 0.115. The molecule has 0 saturated heterocycles. The summed E-state index contributed by atoms with van der Waals surface area (Å²) in [4.78, 5) is 100. The normalized spacial score (nSPS) is 14.8. The lowest BCUT2D eigenvalue weighted by Crippen LogP contribution is -2.61. The van der Waals surface area contributed by atoms with Crippen molar-refractivity contribution in [3.8, 4) is 0 Å². The molecule has 0 bridgehead atoms. The van der Waals surface area contributed by atoms with Crippen molar-refractivity contribution in [1.29, 1.82) is 0 Å². The maximum Gasteiger partial charge on any atom is 0.326 e. The summed E-state index contributed by atoms with van der Waals surface area (Å²) in [7, 11) is 0. The lowest BCUT2D eigenvalue weighted by Gasteiger charge is -2.28. The highest BCUT2D eigenvalue weighted by Gasteiger charge is 2.35. The predicted octanol–water partition coefficient (Wildman–Crippen LogP) is -3.28. The maximum atomic E-state index is 13.3. The van der Waals surface area contributed by atoms with Gasteiger partial charge in [0.05, 0.1) is 19.4 Å². The molecule has 0 aliphatic heterocycles. The summed E-state index contributed by atoms with van der Waals surface area (Å²) < 4.78 is 0. The quantitative estimate of drug-likeness (QED) is 0.0649. The predicted molar refractivity (Wildman–Crippen MR) is 168 cm³/mol. The van der Waals surface area contributed by atoms with Crippen molar-refractivity contribution in [3.63, 3.8) is 0 Å². The fourth-order valence-corrected chi connectivity index (χ4v) is 4.31. The van der Waals surface area contributed by atoms with Gasteiger partial charge in [-0.1, -0.05) is 58.0 Å². The number of nitrogens with two attached hydrogens (primary N) is 2. The Morgan fingerprint density at radius 3 is 1.50 bits per heavy atom. The minimum Gasteiger partial charge on any atom is -0.481 e. The zero-order valence-electron chi connectivity index (χ0n) is 27.1. The summed E-state index contributed by atoms with van der Waals surface area (Å²) in [6.45, 7) is 5.41. The van der Waals surface area contributed by atoms with Crippen LogP contribution in [-0.2, 0) is 44.8 Å². The Morgan fingerprint density at radius 1 is 0.646 bits per heavy atom. The number of benzene rings is 1. The number of hydrogen-bond donors (Lipinski definition) is 10. The molecule has 12 N–H and O–H groups in total. The summed E-state index contributed by atoms with van der Waals surface area (Å²) in [5.41, 5.74) is 11.3. The largest absolute Gasteiger partial charge is 0.481 e. The first-order chi connectivity index (χ1) is 22.4. The van der Waals surface area contributed by atoms with Gasteiger partial charge < -0.3 is 53.4 Å². The maximum absolute atomic E-state index is 13.3. The lowest BCUT2D eigenvalue weighted by atomic mass is 10.00. The van der Waals surface area contributed by atoms with Gasteiger partial charge in [0.15, 0.2) is 0 Å². The number of carbonyl (C=O) groups excluding carboxylic acids is 6. The zero-order valence-corrected chi connectivity index (χ0v) is 27.1. The van der Waals surface area contributed by atoms with Crippen molar-refractivity contribution in [2.24, 2.45) is 23.3 Å². The first kappa shape index (κ1) is 40.9. The molecule has 266 valence electrons. The van der Waals surface area contributed by atoms with Gasteiger partial charge in [0.1, 0.15) is 36.3 Å². The Balaban J connectivity index is 3.17. The average Bonchev–Trinajstić information content (AvgIpc) is 3.00. The number of aliphatic hydroxyl groups is 1. The molecule has 1 aromatic carbocycles. The standard InChI is InChI=1S/C30H45N7O11/c1-14(2)23(36-25(42)17(31)13-38)28(45)34-19(12-22(40)41)27(44)37-24(15(3)4)29(46)33-18(11-21(32)39)26(43)35-20(30(47)48)10-16-8-6-5-7-9-16/h5-9,14-15,17-20,23-24,38H,10-13,31H2,1-4H3,(H2,32,39)(H,33,46)(H,34,45)(H,35,43)(H,36,42)(H,37,44)(H,40,41)(H,47,48)/t17-,18-,19-,20-,23-,24-/m0/s1. The van der Waals surface area contributed by atoms with Crippen molar-refractivity contribution in [3.05, 3.63) is 35.9 Å². The molecule has 0 aromatic heterocycles. The van der Waals surface area contributed by atoms with E-state index in [1.165, 1.54) is 13.8 Å². The van der Waals surface area contributed by atoms with Crippen LogP contribution in [0.5, 0.6) is 0 Å². The first-order valence-corrected chi connectivity index (χ1v) is 15.0. The van der Waals surface area contributed by atoms with E-state index in [4.69, 9.17) is 16.6 Å². The molecule has 0 heterocycles. The van der Waals surface area contributed by atoms with E-state index < -0.39 is 115 Å². The van der Waals surface area contributed by atoms with Crippen LogP contribution in [0, 0.1) is 11.8 Å². The van der Waals surface area contributed by atoms with Crippen LogP contribution in [0.15, 0.2) is 30.3 Å². The van der Waals surface area contributed by atoms with E-state index >= 15 is 0 Å². The molecule has 6 amide bonds. The second-order valence-electron chi connectivity index (χ2n) is 11.7. The Hall–Kier alpha value is -5.10. The van der Waals surface area contributed by atoms with Gasteiger partial charge in [-0.15, -0.1) is 0 Å². The van der Waals surface area contributed by atoms with Crippen molar-refractivity contribution >= 4 is 47.4 Å². The smallest absolute Gasteiger partial charge is 0.326 e. The van der Waals surface area contributed by atoms with E-state index in [1.54, 1.807) is 44.2 Å². The molecule has 18 heteroatoms. The molecule has 18 nitrogen and oxygen atoms in total. The van der Waals surface area contributed by atoms with Crippen LogP contribution in [0.1, 0.15) is 46.1 Å². The van der Waals surface area contributed by atoms with E-state index in [1.807, 2.05) is 0 Å². The molecule has 0 saturated carbocycles. The van der Waals surface area contributed by atoms with Gasteiger partial charge in [-0.2, -0.15) is 0 Å². The van der Waals surface area contributed by atoms with Crippen LogP contribution in [-0.4, -0.2) is 106 Å². The zero-order chi connectivity index (χ0) is 36.7. The number of rotatable bonds is 20. The number of carboxylic acids is 2. The number of primary amides is 1. The van der Waals surface area contributed by atoms with Crippen LogP contribution in [0.4, 0.5) is 0 Å². The molecule has 0 spiro atoms. The number of amides is 6. The molecule has 6 atom stereocenters. The molecule has 0 aliphatic carbocycles. The molecule has 48 heavy (non-hydrogen) atoms. The second kappa shape index (κ2) is 19.5. The summed E-state index contributed by atoms with van der Waals surface area (Å²) in [6, 6.07) is -0.550. The van der Waals surface area contributed by atoms with Gasteiger partial charge in [-0.3, -0.25) is 33.6 Å². The lowest BCUT2D eigenvalue weighted by molar-refractivity contribution is -0.142. The third-order valence-electron chi connectivity index (χ3n) is 6.97. The first-order valence-electron chi connectivity index (χ1n) is 15.0. The van der Waals surface area contributed by atoms with Crippen molar-refractivity contribution in [2.45, 2.75) is 83.2 Å². The van der Waals surface area contributed by atoms with E-state index in [-0.39, 0.29) is 6.42 Å². The second-order valence-corrected chi connectivity index (χ2v) is 11.7. The highest BCUT2D eigenvalue weighted by atomic mass is 16.4. The fourth-order valence-electron chi connectivity index (χ4n) is 4.31. The van der Waals surface area contributed by atoms with Crippen LogP contribution in [0.2, 0.25) is 0 Å². The van der Waals surface area contributed by atoms with E-state index in [2.05, 4.69) is 26.6 Å². The molecule has 1 rings (SSSR count). The Labute approximate surface area is 276 Å². The van der Waals surface area contributed by atoms with Crippen molar-refractivity contribution < 1.29 is 53.7 Å². The van der Waals surface area contributed by atoms with E-state index in [9.17, 15) is 48.6 Å². The highest BCUT2D eigenvalue weighted by molar-refractivity contribution is 5.98. The average molecular weight is 680 g/mol. The third-order valence-corrected chi connectivity index (χ3v) is 6.97. The Kier molecular flexibility index (Phi) is 16.7. The van der Waals surface area contributed by atoms with Crippen molar-refractivity contribution in [2.75, 3.05) is 6.61 Å². The third kappa shape index (κ3) is 13.7. The minimum atomic E-state index is -1.74. The summed E-state index contributed by atoms with van der Waals surface area (Å²) in [5.74, 6) is -10.1. The van der Waals surface area contributed by atoms with Gasteiger partial charge in [0.25, 0.3) is 0 Å². The summed E-state index contributed by atoms with van der Waals surface area (Å²) in [6.07, 6.45) is -1.77. The molecule has 0 fully saturated rings. The van der Waals surface area contributed by atoms with Gasteiger partial charge in [0.2, 0.25) is 35.4 Å². The molecule has 1 aromatic rings. The summed E-state index contributed by atoms with van der Waals surface area (Å²) >= 11 is 0. The van der Waals surface area contributed by atoms with Gasteiger partial charge in [-0.05, 0) is 17.4 Å². The van der Waals surface area contributed by atoms with Crippen LogP contribution < -0.4 is 38.1 Å². The fraction of sp³-hybridized carbons (Fsp3) is 0.533. The number of aliphatic hydroxyl groups excluding tert-OH is 1. The molecular formula is C30H45N7O11. The number of hydrogen-bond acceptors (Lipinski definition) is 10. The number of carboxylic acid groups (broad SMARTS) is 2. The monoisotopic (exact) mass is 679 g/mol. The number of nitrogens with one attached hydrogen (secondary N) is 5. The van der Waals surface area contributed by atoms with Gasteiger partial charge in [-0.25, -0.2) is 4.79 Å². The number of carbonyl (C=O) groups is 8. The molecule has 0 unspecified atom stereocenters. The number of aliphatic carboxylic acids is 2. The molecular weight excluding hydrogens is 634 g/mol. The Morgan fingerprint density at radius 2 is 1.08 bits per heavy atom. The van der Waals surface area contributed by atoms with Crippen molar-refractivity contribution in [1.82, 2.24) is 26.6 Å². The van der Waals surface area contributed by atoms with Crippen LogP contribution in [0.3, 0.4) is 0 Å². The highest BCUT2D eigenvalue weighted by Crippen LogP contribution is 2.09. The topological polar surface area (TPSA) is 309 Å². The summed E-state index contributed by atoms with van der Waals surface area (Å²) in [5, 5.41) is 39.7. The van der Waals surface area contributed by atoms with Gasteiger partial charge >= 0.3 is 11.9 Å². The van der Waals surface area contributed by atoms with Crippen LogP contribution in [0.25, 0.3) is 0 Å². The Bertz CT molecular complexity index is 1320. The molecule has 0 radical (unpaired) electrons. The van der Waals surface area contributed by atoms with E-state index in [0.717, 1.165) is 0 Å². The van der Waals surface area contributed by atoms with E-state index in [0.29, 0.717) is 5.56 Å². The molecule has 0 aliphatic rings.